The van der Waals surface area contributed by atoms with Gasteiger partial charge in [0.1, 0.15) is 0 Å². The smallest absolute Gasteiger partial charge is 0.0709 e. The molecular weight excluding hydrogens is 116 g/mol. The van der Waals surface area contributed by atoms with Gasteiger partial charge in [-0.1, -0.05) is 6.92 Å². The average molecular weight is 130 g/mol. The van der Waals surface area contributed by atoms with Gasteiger partial charge in [0.2, 0.25) is 0 Å². The summed E-state index contributed by atoms with van der Waals surface area (Å²) in [5.41, 5.74) is 2.61. The predicted molar refractivity (Wildman–Crippen MR) is 35.5 cm³/mol. The average Bonchev–Trinajstić information content (AvgIpc) is 2.12. The van der Waals surface area contributed by atoms with E-state index in [1.807, 2.05) is 0 Å². The number of hydrogen-bond acceptors (Lipinski definition) is 3. The summed E-state index contributed by atoms with van der Waals surface area (Å²) in [4.78, 5) is 0. The molecule has 1 saturated carbocycles. The van der Waals surface area contributed by atoms with Crippen molar-refractivity contribution in [2.24, 2.45) is 11.8 Å². The normalized spacial score (nSPS) is 43.7. The molecule has 0 radical (unpaired) electrons. The topological polar surface area (TPSA) is 58.3 Å². The molecule has 0 bridgehead atoms. The Kier molecular flexibility index (Phi) is 2.05. The summed E-state index contributed by atoms with van der Waals surface area (Å²) < 4.78 is 0. The summed E-state index contributed by atoms with van der Waals surface area (Å²) in [5, 5.41) is 9.22. The lowest BCUT2D eigenvalue weighted by molar-refractivity contribution is 0.140. The second-order valence-corrected chi connectivity index (χ2v) is 2.81. The van der Waals surface area contributed by atoms with Crippen molar-refractivity contribution in [2.75, 3.05) is 0 Å². The molecule has 3 nitrogen and oxygen atoms in total. The fraction of sp³-hybridized carbons (Fsp3) is 1.00. The summed E-state index contributed by atoms with van der Waals surface area (Å²) >= 11 is 0. The van der Waals surface area contributed by atoms with E-state index in [1.54, 1.807) is 0 Å². The fourth-order valence-electron chi connectivity index (χ4n) is 1.45. The van der Waals surface area contributed by atoms with Crippen molar-refractivity contribution in [3.63, 3.8) is 0 Å². The van der Waals surface area contributed by atoms with Gasteiger partial charge >= 0.3 is 0 Å². The quantitative estimate of drug-likeness (QED) is 0.334. The minimum atomic E-state index is -0.231. The SMILES string of the molecule is C[C@H]1CC[C@H](O)[C@@H]1NN. The van der Waals surface area contributed by atoms with Crippen LogP contribution in [0, 0.1) is 5.92 Å². The lowest BCUT2D eigenvalue weighted by atomic mass is 10.1. The van der Waals surface area contributed by atoms with E-state index in [1.165, 1.54) is 0 Å². The van der Waals surface area contributed by atoms with E-state index < -0.39 is 0 Å². The Hall–Kier alpha value is -0.120. The molecule has 0 aliphatic heterocycles. The molecule has 1 aliphatic rings. The maximum Gasteiger partial charge on any atom is 0.0709 e. The van der Waals surface area contributed by atoms with Gasteiger partial charge in [-0.15, -0.1) is 0 Å². The van der Waals surface area contributed by atoms with Gasteiger partial charge in [0.15, 0.2) is 0 Å². The van der Waals surface area contributed by atoms with E-state index in [-0.39, 0.29) is 12.1 Å². The molecular formula is C6H14N2O. The largest absolute Gasteiger partial charge is 0.391 e. The van der Waals surface area contributed by atoms with Crippen LogP contribution in [0.25, 0.3) is 0 Å². The van der Waals surface area contributed by atoms with Crippen molar-refractivity contribution in [1.29, 1.82) is 0 Å². The van der Waals surface area contributed by atoms with Crippen LogP contribution < -0.4 is 11.3 Å². The highest BCUT2D eigenvalue weighted by atomic mass is 16.3. The molecule has 1 fully saturated rings. The van der Waals surface area contributed by atoms with E-state index >= 15 is 0 Å². The monoisotopic (exact) mass is 130 g/mol. The van der Waals surface area contributed by atoms with Crippen LogP contribution in [0.5, 0.6) is 0 Å². The Balaban J connectivity index is 2.44. The first-order chi connectivity index (χ1) is 4.25. The zero-order chi connectivity index (χ0) is 6.85. The first-order valence-electron chi connectivity index (χ1n) is 3.40. The Morgan fingerprint density at radius 1 is 1.56 bits per heavy atom. The summed E-state index contributed by atoms with van der Waals surface area (Å²) in [5.74, 6) is 5.72. The van der Waals surface area contributed by atoms with Gasteiger partial charge < -0.3 is 5.11 Å². The third kappa shape index (κ3) is 1.23. The molecule has 0 aromatic heterocycles. The number of nitrogens with two attached hydrogens (primary N) is 1. The predicted octanol–water partition coefficient (Wildman–Crippen LogP) is -0.391. The van der Waals surface area contributed by atoms with Crippen molar-refractivity contribution in [1.82, 2.24) is 5.43 Å². The molecule has 0 aromatic carbocycles. The Labute approximate surface area is 55.2 Å². The van der Waals surface area contributed by atoms with Crippen LogP contribution in [0.15, 0.2) is 0 Å². The third-order valence-electron chi connectivity index (χ3n) is 2.14. The lowest BCUT2D eigenvalue weighted by Crippen LogP contribution is -2.43. The molecule has 0 spiro atoms. The molecule has 3 heteroatoms. The summed E-state index contributed by atoms with van der Waals surface area (Å²) in [7, 11) is 0. The first kappa shape index (κ1) is 6.99. The van der Waals surface area contributed by atoms with Crippen molar-refractivity contribution in [3.8, 4) is 0 Å². The second kappa shape index (κ2) is 2.64. The van der Waals surface area contributed by atoms with Crippen LogP contribution in [0.3, 0.4) is 0 Å². The molecule has 9 heavy (non-hydrogen) atoms. The van der Waals surface area contributed by atoms with Crippen LogP contribution >= 0.6 is 0 Å². The molecule has 1 aliphatic carbocycles. The lowest BCUT2D eigenvalue weighted by Gasteiger charge is -2.16. The van der Waals surface area contributed by atoms with Crippen LogP contribution in [0.1, 0.15) is 19.8 Å². The minimum Gasteiger partial charge on any atom is -0.391 e. The van der Waals surface area contributed by atoms with Crippen LogP contribution in [0.2, 0.25) is 0 Å². The van der Waals surface area contributed by atoms with Crippen molar-refractivity contribution in [2.45, 2.75) is 31.9 Å². The third-order valence-corrected chi connectivity index (χ3v) is 2.14. The Morgan fingerprint density at radius 3 is 2.44 bits per heavy atom. The Morgan fingerprint density at radius 2 is 2.22 bits per heavy atom. The molecule has 0 aromatic rings. The Bertz CT molecular complexity index is 87.1. The molecule has 3 atom stereocenters. The molecule has 54 valence electrons. The van der Waals surface area contributed by atoms with Crippen LogP contribution in [-0.2, 0) is 0 Å². The van der Waals surface area contributed by atoms with E-state index in [9.17, 15) is 5.11 Å². The van der Waals surface area contributed by atoms with Gasteiger partial charge in [-0.3, -0.25) is 11.3 Å². The summed E-state index contributed by atoms with van der Waals surface area (Å²) in [6.07, 6.45) is 1.73. The zero-order valence-electron chi connectivity index (χ0n) is 5.67. The fourth-order valence-corrected chi connectivity index (χ4v) is 1.45. The van der Waals surface area contributed by atoms with Crippen molar-refractivity contribution >= 4 is 0 Å². The molecule has 0 amide bonds. The van der Waals surface area contributed by atoms with Crippen molar-refractivity contribution in [3.05, 3.63) is 0 Å². The second-order valence-electron chi connectivity index (χ2n) is 2.81. The van der Waals surface area contributed by atoms with E-state index in [0.29, 0.717) is 5.92 Å². The first-order valence-corrected chi connectivity index (χ1v) is 3.40. The van der Waals surface area contributed by atoms with Gasteiger partial charge in [0.05, 0.1) is 6.10 Å². The number of hydrogen-bond donors (Lipinski definition) is 3. The number of aliphatic hydroxyl groups is 1. The molecule has 0 saturated heterocycles. The maximum absolute atomic E-state index is 9.22. The number of hydrazine groups is 1. The highest BCUT2D eigenvalue weighted by Gasteiger charge is 2.30. The summed E-state index contributed by atoms with van der Waals surface area (Å²) in [6, 6.07) is 0.116. The standard InChI is InChI=1S/C6H14N2O/c1-4-2-3-5(9)6(4)8-7/h4-6,8-9H,2-3,7H2,1H3/t4-,5-,6+/m0/s1. The van der Waals surface area contributed by atoms with Gasteiger partial charge in [-0.2, -0.15) is 0 Å². The summed E-state index contributed by atoms with van der Waals surface area (Å²) in [6.45, 7) is 2.10. The van der Waals surface area contributed by atoms with E-state index in [0.717, 1.165) is 12.8 Å². The number of rotatable bonds is 1. The molecule has 4 N–H and O–H groups in total. The zero-order valence-corrected chi connectivity index (χ0v) is 5.67. The number of nitrogens with one attached hydrogen (secondary N) is 1. The van der Waals surface area contributed by atoms with Gasteiger partial charge in [0.25, 0.3) is 0 Å². The van der Waals surface area contributed by atoms with Gasteiger partial charge in [0, 0.05) is 6.04 Å². The highest BCUT2D eigenvalue weighted by Crippen LogP contribution is 2.24. The van der Waals surface area contributed by atoms with Crippen molar-refractivity contribution < 1.29 is 5.11 Å². The van der Waals surface area contributed by atoms with E-state index in [2.05, 4.69) is 12.3 Å². The molecule has 1 rings (SSSR count). The van der Waals surface area contributed by atoms with Gasteiger partial charge in [-0.05, 0) is 18.8 Å². The molecule has 0 unspecified atom stereocenters. The highest BCUT2D eigenvalue weighted by molar-refractivity contribution is 4.85. The maximum atomic E-state index is 9.22. The van der Waals surface area contributed by atoms with Crippen LogP contribution in [-0.4, -0.2) is 17.3 Å². The van der Waals surface area contributed by atoms with Gasteiger partial charge in [-0.25, -0.2) is 0 Å². The molecule has 0 heterocycles. The number of aliphatic hydroxyl groups excluding tert-OH is 1. The van der Waals surface area contributed by atoms with Crippen LogP contribution in [0.4, 0.5) is 0 Å². The minimum absolute atomic E-state index is 0.116. The van der Waals surface area contributed by atoms with E-state index in [4.69, 9.17) is 5.84 Å².